The van der Waals surface area contributed by atoms with E-state index in [9.17, 15) is 9.90 Å². The number of hydrogen-bond donors (Lipinski definition) is 1. The van der Waals surface area contributed by atoms with E-state index in [1.165, 1.54) is 0 Å². The molecular formula is C14H22N4O3. The normalized spacial score (nSPS) is 25.5. The molecule has 2 aliphatic heterocycles. The molecule has 0 spiro atoms. The summed E-state index contributed by atoms with van der Waals surface area (Å²) in [7, 11) is 0. The lowest BCUT2D eigenvalue weighted by molar-refractivity contribution is -0.143. The number of carbonyl (C=O) groups is 1. The van der Waals surface area contributed by atoms with Crippen molar-refractivity contribution in [1.82, 2.24) is 19.9 Å². The average Bonchev–Trinajstić information content (AvgIpc) is 3.09. The summed E-state index contributed by atoms with van der Waals surface area (Å²) < 4.78 is 4.99. The van der Waals surface area contributed by atoms with Crippen LogP contribution in [0.5, 0.6) is 0 Å². The molecule has 7 heteroatoms. The van der Waals surface area contributed by atoms with Gasteiger partial charge in [0, 0.05) is 26.1 Å². The summed E-state index contributed by atoms with van der Waals surface area (Å²) in [6.07, 6.45) is 3.82. The Kier molecular flexibility index (Phi) is 4.21. The van der Waals surface area contributed by atoms with Gasteiger partial charge in [-0.1, -0.05) is 5.16 Å². The number of rotatable bonds is 4. The van der Waals surface area contributed by atoms with E-state index in [1.807, 2.05) is 0 Å². The minimum absolute atomic E-state index is 0.276. The number of aryl methyl sites for hydroxylation is 1. The van der Waals surface area contributed by atoms with E-state index in [1.54, 1.807) is 6.92 Å². The van der Waals surface area contributed by atoms with Crippen LogP contribution in [0.1, 0.15) is 37.4 Å². The zero-order valence-corrected chi connectivity index (χ0v) is 12.4. The van der Waals surface area contributed by atoms with Gasteiger partial charge in [0.1, 0.15) is 6.04 Å². The van der Waals surface area contributed by atoms with Crippen molar-refractivity contribution >= 4 is 5.97 Å². The lowest BCUT2D eigenvalue weighted by Crippen LogP contribution is -2.48. The van der Waals surface area contributed by atoms with Crippen molar-refractivity contribution in [2.24, 2.45) is 0 Å². The van der Waals surface area contributed by atoms with Crippen LogP contribution in [0.2, 0.25) is 0 Å². The fourth-order valence-corrected chi connectivity index (χ4v) is 3.51. The van der Waals surface area contributed by atoms with Crippen molar-refractivity contribution in [3.8, 4) is 0 Å². The molecular weight excluding hydrogens is 272 g/mol. The molecule has 0 saturated carbocycles. The first-order chi connectivity index (χ1) is 10.1. The van der Waals surface area contributed by atoms with Gasteiger partial charge in [0.05, 0.1) is 6.54 Å². The Morgan fingerprint density at radius 3 is 2.71 bits per heavy atom. The van der Waals surface area contributed by atoms with Gasteiger partial charge in [0.2, 0.25) is 5.89 Å². The minimum Gasteiger partial charge on any atom is -0.480 e. The summed E-state index contributed by atoms with van der Waals surface area (Å²) >= 11 is 0. The second-order valence-corrected chi connectivity index (χ2v) is 5.97. The Hall–Kier alpha value is -1.47. The van der Waals surface area contributed by atoms with Crippen molar-refractivity contribution in [1.29, 1.82) is 0 Å². The standard InChI is InChI=1S/C14H22N4O3/c1-10-15-13(16-21-10)9-17-7-4-11(5-8-17)18-6-2-3-12(18)14(19)20/h11-12H,2-9H2,1H3,(H,19,20). The Balaban J connectivity index is 1.52. The van der Waals surface area contributed by atoms with Crippen LogP contribution in [0.15, 0.2) is 4.52 Å². The second-order valence-electron chi connectivity index (χ2n) is 5.97. The Labute approximate surface area is 123 Å². The van der Waals surface area contributed by atoms with E-state index in [4.69, 9.17) is 4.52 Å². The second kappa shape index (κ2) is 6.11. The molecule has 1 aromatic rings. The number of hydrogen-bond acceptors (Lipinski definition) is 6. The molecule has 0 amide bonds. The summed E-state index contributed by atoms with van der Waals surface area (Å²) in [4.78, 5) is 20.0. The van der Waals surface area contributed by atoms with Crippen LogP contribution in [0, 0.1) is 6.92 Å². The molecule has 7 nitrogen and oxygen atoms in total. The molecule has 21 heavy (non-hydrogen) atoms. The third-order valence-corrected chi connectivity index (χ3v) is 4.54. The highest BCUT2D eigenvalue weighted by molar-refractivity contribution is 5.73. The number of aliphatic carboxylic acids is 1. The summed E-state index contributed by atoms with van der Waals surface area (Å²) in [5.74, 6) is 0.661. The topological polar surface area (TPSA) is 82.7 Å². The van der Waals surface area contributed by atoms with E-state index in [0.717, 1.165) is 51.1 Å². The number of likely N-dealkylation sites (tertiary alicyclic amines) is 2. The van der Waals surface area contributed by atoms with Gasteiger partial charge < -0.3 is 9.63 Å². The molecule has 0 radical (unpaired) electrons. The zero-order valence-electron chi connectivity index (χ0n) is 12.4. The van der Waals surface area contributed by atoms with Gasteiger partial charge in [-0.15, -0.1) is 0 Å². The number of nitrogens with zero attached hydrogens (tertiary/aromatic N) is 4. The highest BCUT2D eigenvalue weighted by Gasteiger charge is 2.36. The van der Waals surface area contributed by atoms with Crippen molar-refractivity contribution in [3.05, 3.63) is 11.7 Å². The smallest absolute Gasteiger partial charge is 0.320 e. The van der Waals surface area contributed by atoms with Crippen LogP contribution in [-0.2, 0) is 11.3 Å². The number of piperidine rings is 1. The van der Waals surface area contributed by atoms with Crippen molar-refractivity contribution in [3.63, 3.8) is 0 Å². The summed E-state index contributed by atoms with van der Waals surface area (Å²) in [6.45, 7) is 5.35. The molecule has 0 aliphatic carbocycles. The van der Waals surface area contributed by atoms with Gasteiger partial charge in [0.25, 0.3) is 0 Å². The predicted molar refractivity (Wildman–Crippen MR) is 74.7 cm³/mol. The Morgan fingerprint density at radius 2 is 2.10 bits per heavy atom. The molecule has 116 valence electrons. The maximum Gasteiger partial charge on any atom is 0.320 e. The lowest BCUT2D eigenvalue weighted by Gasteiger charge is -2.37. The summed E-state index contributed by atoms with van der Waals surface area (Å²) in [5.41, 5.74) is 0. The van der Waals surface area contributed by atoms with Crippen LogP contribution in [-0.4, -0.2) is 62.7 Å². The van der Waals surface area contributed by atoms with Crippen LogP contribution in [0.3, 0.4) is 0 Å². The van der Waals surface area contributed by atoms with Crippen molar-refractivity contribution < 1.29 is 14.4 Å². The summed E-state index contributed by atoms with van der Waals surface area (Å²) in [6, 6.07) is 0.123. The Bertz CT molecular complexity index is 496. The first-order valence-electron chi connectivity index (χ1n) is 7.63. The first-order valence-corrected chi connectivity index (χ1v) is 7.63. The number of carboxylic acid groups (broad SMARTS) is 1. The van der Waals surface area contributed by atoms with Crippen LogP contribution in [0.4, 0.5) is 0 Å². The summed E-state index contributed by atoms with van der Waals surface area (Å²) in [5, 5.41) is 13.2. The van der Waals surface area contributed by atoms with E-state index in [0.29, 0.717) is 18.5 Å². The van der Waals surface area contributed by atoms with Gasteiger partial charge >= 0.3 is 5.97 Å². The van der Waals surface area contributed by atoms with E-state index >= 15 is 0 Å². The highest BCUT2D eigenvalue weighted by atomic mass is 16.5. The molecule has 0 aromatic carbocycles. The van der Waals surface area contributed by atoms with E-state index in [-0.39, 0.29) is 6.04 Å². The van der Waals surface area contributed by atoms with Gasteiger partial charge in [-0.25, -0.2) is 0 Å². The molecule has 2 fully saturated rings. The molecule has 1 N–H and O–H groups in total. The molecule has 2 saturated heterocycles. The van der Waals surface area contributed by atoms with E-state index in [2.05, 4.69) is 19.9 Å². The van der Waals surface area contributed by atoms with Crippen LogP contribution < -0.4 is 0 Å². The average molecular weight is 294 g/mol. The van der Waals surface area contributed by atoms with Crippen LogP contribution in [0.25, 0.3) is 0 Å². The highest BCUT2D eigenvalue weighted by Crippen LogP contribution is 2.26. The Morgan fingerprint density at radius 1 is 1.33 bits per heavy atom. The predicted octanol–water partition coefficient (Wildman–Crippen LogP) is 0.891. The third kappa shape index (κ3) is 3.24. The molecule has 3 rings (SSSR count). The lowest BCUT2D eigenvalue weighted by atomic mass is 10.0. The van der Waals surface area contributed by atoms with Gasteiger partial charge in [-0.2, -0.15) is 4.98 Å². The fraction of sp³-hybridized carbons (Fsp3) is 0.786. The first kappa shape index (κ1) is 14.5. The molecule has 3 heterocycles. The van der Waals surface area contributed by atoms with Gasteiger partial charge in [-0.3, -0.25) is 14.6 Å². The third-order valence-electron chi connectivity index (χ3n) is 4.54. The van der Waals surface area contributed by atoms with E-state index < -0.39 is 5.97 Å². The quantitative estimate of drug-likeness (QED) is 0.883. The monoisotopic (exact) mass is 294 g/mol. The number of aromatic nitrogens is 2. The van der Waals surface area contributed by atoms with Crippen LogP contribution >= 0.6 is 0 Å². The molecule has 1 unspecified atom stereocenters. The number of carboxylic acids is 1. The van der Waals surface area contributed by atoms with Crippen molar-refractivity contribution in [2.75, 3.05) is 19.6 Å². The zero-order chi connectivity index (χ0) is 14.8. The van der Waals surface area contributed by atoms with Crippen molar-refractivity contribution in [2.45, 2.75) is 51.2 Å². The minimum atomic E-state index is -0.669. The maximum absolute atomic E-state index is 11.3. The molecule has 1 aromatic heterocycles. The van der Waals surface area contributed by atoms with Gasteiger partial charge in [0.15, 0.2) is 5.82 Å². The molecule has 1 atom stereocenters. The molecule has 2 aliphatic rings. The molecule has 0 bridgehead atoms. The maximum atomic E-state index is 11.3. The van der Waals surface area contributed by atoms with Gasteiger partial charge in [-0.05, 0) is 32.2 Å². The fourth-order valence-electron chi connectivity index (χ4n) is 3.51. The SMILES string of the molecule is Cc1nc(CN2CCC(N3CCCC3C(=O)O)CC2)no1. The largest absolute Gasteiger partial charge is 0.480 e.